The lowest BCUT2D eigenvalue weighted by molar-refractivity contribution is -0.385. The van der Waals surface area contributed by atoms with Gasteiger partial charge in [0.25, 0.3) is 5.56 Å². The van der Waals surface area contributed by atoms with Gasteiger partial charge in [0.2, 0.25) is 0 Å². The third-order valence-electron chi connectivity index (χ3n) is 3.57. The molecule has 0 bridgehead atoms. The third kappa shape index (κ3) is 2.43. The lowest BCUT2D eigenvalue weighted by Crippen LogP contribution is -2.11. The Kier molecular flexibility index (Phi) is 3.87. The van der Waals surface area contributed by atoms with Crippen LogP contribution in [0.15, 0.2) is 41.2 Å². The Labute approximate surface area is 135 Å². The fourth-order valence-corrected chi connectivity index (χ4v) is 2.50. The molecule has 0 fully saturated rings. The molecule has 0 amide bonds. The van der Waals surface area contributed by atoms with Crippen molar-refractivity contribution in [1.82, 2.24) is 9.97 Å². The first kappa shape index (κ1) is 15.5. The predicted molar refractivity (Wildman–Crippen MR) is 87.6 cm³/mol. The van der Waals surface area contributed by atoms with Crippen molar-refractivity contribution in [3.05, 3.63) is 56.9 Å². The number of nitro benzene ring substituents is 1. The highest BCUT2D eigenvalue weighted by Gasteiger charge is 2.28. The summed E-state index contributed by atoms with van der Waals surface area (Å²) < 4.78 is 10.3. The average Bonchev–Trinajstić information content (AvgIpc) is 2.60. The van der Waals surface area contributed by atoms with E-state index in [1.54, 1.807) is 24.3 Å². The molecule has 1 N–H and O–H groups in total. The Balaban J connectivity index is 2.41. The number of para-hydroxylation sites is 1. The van der Waals surface area contributed by atoms with E-state index in [0.717, 1.165) is 0 Å². The minimum Gasteiger partial charge on any atom is -0.496 e. The van der Waals surface area contributed by atoms with Gasteiger partial charge in [-0.1, -0.05) is 12.1 Å². The van der Waals surface area contributed by atoms with Crippen LogP contribution in [-0.2, 0) is 0 Å². The Morgan fingerprint density at radius 1 is 1.08 bits per heavy atom. The van der Waals surface area contributed by atoms with Crippen molar-refractivity contribution in [2.24, 2.45) is 0 Å². The molecule has 3 aromatic rings. The molecule has 1 aromatic heterocycles. The Morgan fingerprint density at radius 3 is 2.42 bits per heavy atom. The number of aromatic amines is 1. The van der Waals surface area contributed by atoms with Crippen LogP contribution in [0.4, 0.5) is 5.69 Å². The second kappa shape index (κ2) is 5.99. The first-order valence-electron chi connectivity index (χ1n) is 6.95. The maximum absolute atomic E-state index is 12.3. The van der Waals surface area contributed by atoms with Crippen LogP contribution in [0.2, 0.25) is 0 Å². The van der Waals surface area contributed by atoms with Crippen LogP contribution < -0.4 is 15.0 Å². The zero-order chi connectivity index (χ0) is 17.3. The fraction of sp³-hybridized carbons (Fsp3) is 0.125. The maximum atomic E-state index is 12.3. The summed E-state index contributed by atoms with van der Waals surface area (Å²) in [4.78, 5) is 30.1. The molecule has 8 nitrogen and oxygen atoms in total. The summed E-state index contributed by atoms with van der Waals surface area (Å²) in [5.41, 5.74) is -0.231. The molecule has 0 spiro atoms. The van der Waals surface area contributed by atoms with E-state index < -0.39 is 10.5 Å². The number of methoxy groups -OCH3 is 2. The van der Waals surface area contributed by atoms with Crippen LogP contribution in [-0.4, -0.2) is 29.1 Å². The molecule has 24 heavy (non-hydrogen) atoms. The number of fused-ring (bicyclic) bond motifs is 1. The molecule has 3 rings (SSSR count). The highest BCUT2D eigenvalue weighted by molar-refractivity contribution is 5.84. The lowest BCUT2D eigenvalue weighted by Gasteiger charge is -2.11. The summed E-state index contributed by atoms with van der Waals surface area (Å²) in [5, 5.41) is 11.9. The molecular weight excluding hydrogens is 314 g/mol. The van der Waals surface area contributed by atoms with Crippen molar-refractivity contribution < 1.29 is 14.4 Å². The van der Waals surface area contributed by atoms with Crippen molar-refractivity contribution in [3.8, 4) is 22.9 Å². The van der Waals surface area contributed by atoms with E-state index in [4.69, 9.17) is 9.47 Å². The van der Waals surface area contributed by atoms with Crippen LogP contribution in [0.5, 0.6) is 11.5 Å². The number of nitro groups is 1. The molecule has 0 aliphatic heterocycles. The first-order chi connectivity index (χ1) is 11.6. The number of hydrogen-bond donors (Lipinski definition) is 1. The third-order valence-corrected chi connectivity index (χ3v) is 3.57. The number of nitrogens with zero attached hydrogens (tertiary/aromatic N) is 2. The van der Waals surface area contributed by atoms with Gasteiger partial charge in [0.1, 0.15) is 11.3 Å². The number of benzene rings is 2. The molecule has 0 saturated carbocycles. The lowest BCUT2D eigenvalue weighted by atomic mass is 10.1. The van der Waals surface area contributed by atoms with Crippen LogP contribution in [0.1, 0.15) is 0 Å². The van der Waals surface area contributed by atoms with Crippen molar-refractivity contribution in [3.63, 3.8) is 0 Å². The molecule has 0 unspecified atom stereocenters. The van der Waals surface area contributed by atoms with Gasteiger partial charge in [-0.25, -0.2) is 4.98 Å². The molecular formula is C16H13N3O5. The van der Waals surface area contributed by atoms with Crippen LogP contribution in [0.3, 0.4) is 0 Å². The number of hydrogen-bond acceptors (Lipinski definition) is 6. The van der Waals surface area contributed by atoms with E-state index in [1.807, 2.05) is 0 Å². The zero-order valence-electron chi connectivity index (χ0n) is 12.9. The van der Waals surface area contributed by atoms with Gasteiger partial charge in [0, 0.05) is 0 Å². The topological polar surface area (TPSA) is 107 Å². The Bertz CT molecular complexity index is 997. The SMILES string of the molecule is COc1ccc(OC)c([N+](=O)[O-])c1-c1nc2ccccc2c(=O)[nH]1. The van der Waals surface area contributed by atoms with Gasteiger partial charge in [0.15, 0.2) is 11.6 Å². The van der Waals surface area contributed by atoms with Crippen molar-refractivity contribution in [2.75, 3.05) is 14.2 Å². The number of H-pyrrole nitrogens is 1. The van der Waals surface area contributed by atoms with E-state index in [9.17, 15) is 14.9 Å². The molecule has 0 aliphatic rings. The Hall–Kier alpha value is -3.42. The summed E-state index contributed by atoms with van der Waals surface area (Å²) in [7, 11) is 2.71. The van der Waals surface area contributed by atoms with Gasteiger partial charge in [-0.3, -0.25) is 14.9 Å². The Morgan fingerprint density at radius 2 is 1.75 bits per heavy atom. The van der Waals surface area contributed by atoms with E-state index in [0.29, 0.717) is 10.9 Å². The molecule has 122 valence electrons. The van der Waals surface area contributed by atoms with Crippen molar-refractivity contribution in [1.29, 1.82) is 0 Å². The molecule has 2 aromatic carbocycles. The van der Waals surface area contributed by atoms with E-state index in [2.05, 4.69) is 9.97 Å². The van der Waals surface area contributed by atoms with E-state index in [1.165, 1.54) is 26.4 Å². The zero-order valence-corrected chi connectivity index (χ0v) is 12.9. The molecule has 8 heteroatoms. The smallest absolute Gasteiger partial charge is 0.325 e. The summed E-state index contributed by atoms with van der Waals surface area (Å²) in [5.74, 6) is 0.300. The summed E-state index contributed by atoms with van der Waals surface area (Å²) >= 11 is 0. The monoisotopic (exact) mass is 327 g/mol. The highest BCUT2D eigenvalue weighted by atomic mass is 16.6. The molecule has 0 aliphatic carbocycles. The fourth-order valence-electron chi connectivity index (χ4n) is 2.50. The van der Waals surface area contributed by atoms with Crippen LogP contribution in [0.25, 0.3) is 22.3 Å². The first-order valence-corrected chi connectivity index (χ1v) is 6.95. The van der Waals surface area contributed by atoms with Crippen LogP contribution in [0, 0.1) is 10.1 Å². The van der Waals surface area contributed by atoms with Gasteiger partial charge in [-0.2, -0.15) is 0 Å². The molecule has 0 saturated heterocycles. The largest absolute Gasteiger partial charge is 0.496 e. The second-order valence-electron chi connectivity index (χ2n) is 4.88. The normalized spacial score (nSPS) is 10.6. The van der Waals surface area contributed by atoms with Crippen molar-refractivity contribution in [2.45, 2.75) is 0 Å². The van der Waals surface area contributed by atoms with Crippen molar-refractivity contribution >= 4 is 16.6 Å². The second-order valence-corrected chi connectivity index (χ2v) is 4.88. The molecule has 1 heterocycles. The van der Waals surface area contributed by atoms with Crippen LogP contribution >= 0.6 is 0 Å². The van der Waals surface area contributed by atoms with E-state index in [-0.39, 0.29) is 28.6 Å². The summed E-state index contributed by atoms with van der Waals surface area (Å²) in [6.07, 6.45) is 0. The van der Waals surface area contributed by atoms with Gasteiger partial charge >= 0.3 is 5.69 Å². The quantitative estimate of drug-likeness (QED) is 0.583. The van der Waals surface area contributed by atoms with Gasteiger partial charge in [-0.05, 0) is 24.3 Å². The van der Waals surface area contributed by atoms with E-state index >= 15 is 0 Å². The average molecular weight is 327 g/mol. The summed E-state index contributed by atoms with van der Waals surface area (Å²) in [6, 6.07) is 9.69. The molecule has 0 radical (unpaired) electrons. The summed E-state index contributed by atoms with van der Waals surface area (Å²) in [6.45, 7) is 0. The molecule has 0 atom stereocenters. The minimum atomic E-state index is -0.591. The predicted octanol–water partition coefficient (Wildman–Crippen LogP) is 2.52. The van der Waals surface area contributed by atoms with Gasteiger partial charge < -0.3 is 14.5 Å². The number of rotatable bonds is 4. The number of aromatic nitrogens is 2. The number of nitrogens with one attached hydrogen (secondary N) is 1. The van der Waals surface area contributed by atoms with Gasteiger partial charge in [-0.15, -0.1) is 0 Å². The van der Waals surface area contributed by atoms with Gasteiger partial charge in [0.05, 0.1) is 30.0 Å². The minimum absolute atomic E-state index is 0.0427. The number of ether oxygens (including phenoxy) is 2. The maximum Gasteiger partial charge on any atom is 0.325 e. The highest BCUT2D eigenvalue weighted by Crippen LogP contribution is 2.42. The standard InChI is InChI=1S/C16H13N3O5/c1-23-11-7-8-12(24-2)14(19(21)22)13(11)15-17-10-6-4-3-5-9(10)16(20)18-15/h3-8H,1-2H3,(H,17,18,20).